The molecule has 0 unspecified atom stereocenters. The Balaban J connectivity index is 2.12. The molecule has 6 heteroatoms. The quantitative estimate of drug-likeness (QED) is 0.382. The third-order valence-electron chi connectivity index (χ3n) is 4.18. The summed E-state index contributed by atoms with van der Waals surface area (Å²) in [4.78, 5) is 12.3. The number of hydrogen-bond donors (Lipinski definition) is 1. The first-order valence-corrected chi connectivity index (χ1v) is 8.96. The number of nitriles is 1. The van der Waals surface area contributed by atoms with Crippen molar-refractivity contribution in [1.29, 1.82) is 5.26 Å². The lowest BCUT2D eigenvalue weighted by Crippen LogP contribution is -2.24. The number of hydrogen-bond acceptors (Lipinski definition) is 4. The van der Waals surface area contributed by atoms with Crippen LogP contribution in [0.2, 0.25) is 0 Å². The molecule has 0 aliphatic carbocycles. The van der Waals surface area contributed by atoms with Crippen molar-refractivity contribution >= 4 is 12.0 Å². The number of ether oxygens (including phenoxy) is 1. The summed E-state index contributed by atoms with van der Waals surface area (Å²) in [7, 11) is 1.60. The smallest absolute Gasteiger partial charge is 0.262 e. The average molecular weight is 384 g/mol. The number of para-hydroxylation sites is 1. The Labute approximate surface area is 169 Å². The molecule has 3 aromatic rings. The molecule has 29 heavy (non-hydrogen) atoms. The summed E-state index contributed by atoms with van der Waals surface area (Å²) in [6, 6.07) is 19.1. The maximum absolute atomic E-state index is 12.3. The van der Waals surface area contributed by atoms with Gasteiger partial charge in [0.05, 0.1) is 12.8 Å². The number of methoxy groups -OCH3 is 1. The molecule has 0 saturated heterocycles. The molecule has 0 aliphatic heterocycles. The Bertz CT molecular complexity index is 1090. The Morgan fingerprint density at radius 1 is 1.28 bits per heavy atom. The summed E-state index contributed by atoms with van der Waals surface area (Å²) in [5, 5.41) is 16.8. The van der Waals surface area contributed by atoms with Crippen LogP contribution in [-0.2, 0) is 4.79 Å². The molecule has 0 bridgehead atoms. The van der Waals surface area contributed by atoms with Crippen molar-refractivity contribution in [2.45, 2.75) is 0 Å². The van der Waals surface area contributed by atoms with Gasteiger partial charge in [0.25, 0.3) is 5.91 Å². The van der Waals surface area contributed by atoms with Crippen LogP contribution in [0.1, 0.15) is 5.56 Å². The molecule has 0 radical (unpaired) electrons. The Morgan fingerprint density at radius 3 is 2.76 bits per heavy atom. The molecule has 0 spiro atoms. The normalized spacial score (nSPS) is 10.8. The lowest BCUT2D eigenvalue weighted by Gasteiger charge is -2.04. The molecular weight excluding hydrogens is 364 g/mol. The van der Waals surface area contributed by atoms with Gasteiger partial charge < -0.3 is 10.1 Å². The van der Waals surface area contributed by atoms with E-state index in [9.17, 15) is 10.1 Å². The van der Waals surface area contributed by atoms with Gasteiger partial charge in [-0.2, -0.15) is 10.4 Å². The highest BCUT2D eigenvalue weighted by molar-refractivity contribution is 6.02. The van der Waals surface area contributed by atoms with Crippen molar-refractivity contribution in [2.75, 3.05) is 13.7 Å². The van der Waals surface area contributed by atoms with Gasteiger partial charge in [-0.05, 0) is 30.3 Å². The van der Waals surface area contributed by atoms with E-state index in [4.69, 9.17) is 9.84 Å². The molecule has 1 aromatic heterocycles. The number of nitrogens with zero attached hydrogens (tertiary/aromatic N) is 3. The van der Waals surface area contributed by atoms with Crippen molar-refractivity contribution < 1.29 is 9.53 Å². The number of aromatic nitrogens is 2. The molecular formula is C23H20N4O2. The predicted molar refractivity (Wildman–Crippen MR) is 112 cm³/mol. The molecule has 1 amide bonds. The highest BCUT2D eigenvalue weighted by Gasteiger charge is 2.15. The number of carbonyl (C=O) groups excluding carboxylic acids is 1. The molecule has 0 saturated carbocycles. The fourth-order valence-corrected chi connectivity index (χ4v) is 2.76. The summed E-state index contributed by atoms with van der Waals surface area (Å²) < 4.78 is 7.04. The highest BCUT2D eigenvalue weighted by Crippen LogP contribution is 2.28. The van der Waals surface area contributed by atoms with Crippen LogP contribution in [0, 0.1) is 11.3 Å². The van der Waals surface area contributed by atoms with Gasteiger partial charge in [0.15, 0.2) is 0 Å². The maximum atomic E-state index is 12.3. The zero-order valence-electron chi connectivity index (χ0n) is 16.0. The second-order valence-corrected chi connectivity index (χ2v) is 6.11. The first-order chi connectivity index (χ1) is 14.2. The van der Waals surface area contributed by atoms with Gasteiger partial charge in [0.2, 0.25) is 0 Å². The molecule has 0 aliphatic rings. The average Bonchev–Trinajstić information content (AvgIpc) is 3.20. The number of nitrogens with one attached hydrogen (secondary N) is 1. The van der Waals surface area contributed by atoms with Gasteiger partial charge in [0, 0.05) is 23.9 Å². The van der Waals surface area contributed by atoms with Crippen molar-refractivity contribution in [3.63, 3.8) is 0 Å². The van der Waals surface area contributed by atoms with Gasteiger partial charge in [-0.25, -0.2) is 4.68 Å². The van der Waals surface area contributed by atoms with E-state index in [-0.39, 0.29) is 12.1 Å². The van der Waals surface area contributed by atoms with E-state index in [0.717, 1.165) is 11.3 Å². The van der Waals surface area contributed by atoms with E-state index in [1.54, 1.807) is 30.1 Å². The van der Waals surface area contributed by atoms with Crippen molar-refractivity contribution in [3.8, 4) is 28.8 Å². The minimum Gasteiger partial charge on any atom is -0.497 e. The Hall–Kier alpha value is -4.11. The second-order valence-electron chi connectivity index (χ2n) is 6.11. The minimum absolute atomic E-state index is 0.0105. The Kier molecular flexibility index (Phi) is 6.23. The first-order valence-electron chi connectivity index (χ1n) is 8.96. The largest absolute Gasteiger partial charge is 0.497 e. The van der Waals surface area contributed by atoms with Crippen LogP contribution in [0.4, 0.5) is 0 Å². The fraction of sp³-hybridized carbons (Fsp3) is 0.0870. The Morgan fingerprint density at radius 2 is 2.07 bits per heavy atom. The van der Waals surface area contributed by atoms with Crippen LogP contribution in [0.15, 0.2) is 79.0 Å². The van der Waals surface area contributed by atoms with Crippen LogP contribution in [0.25, 0.3) is 23.0 Å². The standard InChI is InChI=1S/C23H20N4O2/c1-3-12-25-23(28)18(15-24)13-19-16-27(20-9-5-4-6-10-20)26-22(19)17-8-7-11-21(14-17)29-2/h3-11,13-14,16H,1,12H2,2H3,(H,25,28)/b18-13-. The van der Waals surface area contributed by atoms with Gasteiger partial charge in [0.1, 0.15) is 23.1 Å². The number of rotatable bonds is 7. The summed E-state index contributed by atoms with van der Waals surface area (Å²) in [6.07, 6.45) is 4.89. The summed E-state index contributed by atoms with van der Waals surface area (Å²) in [6.45, 7) is 3.85. The molecule has 6 nitrogen and oxygen atoms in total. The molecule has 3 rings (SSSR count). The SMILES string of the molecule is C=CCNC(=O)/C(C#N)=C\c1cn(-c2ccccc2)nc1-c1cccc(OC)c1. The molecule has 0 fully saturated rings. The van der Waals surface area contributed by atoms with Gasteiger partial charge in [-0.1, -0.05) is 36.4 Å². The molecule has 1 N–H and O–H groups in total. The van der Waals surface area contributed by atoms with Crippen LogP contribution >= 0.6 is 0 Å². The van der Waals surface area contributed by atoms with Crippen LogP contribution in [-0.4, -0.2) is 29.3 Å². The maximum Gasteiger partial charge on any atom is 0.262 e. The van der Waals surface area contributed by atoms with Gasteiger partial charge >= 0.3 is 0 Å². The van der Waals surface area contributed by atoms with Gasteiger partial charge in [-0.15, -0.1) is 6.58 Å². The van der Waals surface area contributed by atoms with Crippen molar-refractivity contribution in [3.05, 3.63) is 84.6 Å². The predicted octanol–water partition coefficient (Wildman–Crippen LogP) is 3.76. The van der Waals surface area contributed by atoms with Crippen LogP contribution in [0.5, 0.6) is 5.75 Å². The summed E-state index contributed by atoms with van der Waals surface area (Å²) >= 11 is 0. The van der Waals surface area contributed by atoms with E-state index < -0.39 is 5.91 Å². The van der Waals surface area contributed by atoms with Crippen LogP contribution in [0.3, 0.4) is 0 Å². The molecule has 144 valence electrons. The first kappa shape index (κ1) is 19.6. The van der Waals surface area contributed by atoms with Crippen LogP contribution < -0.4 is 10.1 Å². The third kappa shape index (κ3) is 4.60. The van der Waals surface area contributed by atoms with E-state index in [1.165, 1.54) is 0 Å². The summed E-state index contributed by atoms with van der Waals surface area (Å²) in [5.41, 5.74) is 2.95. The minimum atomic E-state index is -0.462. The van der Waals surface area contributed by atoms with E-state index in [2.05, 4.69) is 11.9 Å². The van der Waals surface area contributed by atoms with E-state index in [1.807, 2.05) is 60.7 Å². The number of carbonyl (C=O) groups is 1. The summed E-state index contributed by atoms with van der Waals surface area (Å²) in [5.74, 6) is 0.229. The van der Waals surface area contributed by atoms with Crippen molar-refractivity contribution in [2.24, 2.45) is 0 Å². The van der Waals surface area contributed by atoms with Crippen molar-refractivity contribution in [1.82, 2.24) is 15.1 Å². The molecule has 1 heterocycles. The van der Waals surface area contributed by atoms with Gasteiger partial charge in [-0.3, -0.25) is 4.79 Å². The molecule has 0 atom stereocenters. The third-order valence-corrected chi connectivity index (χ3v) is 4.18. The fourth-order valence-electron chi connectivity index (χ4n) is 2.76. The molecule has 2 aromatic carbocycles. The number of amides is 1. The zero-order valence-corrected chi connectivity index (χ0v) is 16.0. The second kappa shape index (κ2) is 9.20. The monoisotopic (exact) mass is 384 g/mol. The van der Waals surface area contributed by atoms with E-state index in [0.29, 0.717) is 17.0 Å². The number of benzene rings is 2. The topological polar surface area (TPSA) is 79.9 Å². The lowest BCUT2D eigenvalue weighted by atomic mass is 10.1. The highest BCUT2D eigenvalue weighted by atomic mass is 16.5. The zero-order chi connectivity index (χ0) is 20.6. The van der Waals surface area contributed by atoms with E-state index >= 15 is 0 Å². The lowest BCUT2D eigenvalue weighted by molar-refractivity contribution is -0.116.